The van der Waals surface area contributed by atoms with Crippen LogP contribution in [0.3, 0.4) is 0 Å². The number of quaternary nitrogens is 1. The number of aryl methyl sites for hydroxylation is 1. The molecule has 0 radical (unpaired) electrons. The Morgan fingerprint density at radius 2 is 1.67 bits per heavy atom. The van der Waals surface area contributed by atoms with E-state index in [2.05, 4.69) is 62.5 Å². The molecular formula is C40H45N2O4+. The van der Waals surface area contributed by atoms with Crippen molar-refractivity contribution in [1.29, 1.82) is 0 Å². The SMILES string of the molecule is CC1=C(C(=O)C2=CC(C)CC=C2[NH2+]C(Cc2ccc(OCCNc3ccccc3-c3ccccc3C)cc2)C(=O)O)C=CCC1C. The lowest BCUT2D eigenvalue weighted by atomic mass is 9.83. The van der Waals surface area contributed by atoms with E-state index in [0.717, 1.165) is 52.2 Å². The molecule has 2 aliphatic carbocycles. The van der Waals surface area contributed by atoms with E-state index in [1.807, 2.05) is 67.6 Å². The number of nitrogens with two attached hydrogens (primary N) is 1. The molecule has 6 nitrogen and oxygen atoms in total. The van der Waals surface area contributed by atoms with Crippen molar-refractivity contribution in [3.8, 4) is 16.9 Å². The lowest BCUT2D eigenvalue weighted by molar-refractivity contribution is -0.628. The van der Waals surface area contributed by atoms with Crippen LogP contribution in [0.25, 0.3) is 11.1 Å². The first-order chi connectivity index (χ1) is 22.2. The summed E-state index contributed by atoms with van der Waals surface area (Å²) in [7, 11) is 0. The average molecular weight is 618 g/mol. The number of ketones is 1. The van der Waals surface area contributed by atoms with E-state index in [4.69, 9.17) is 4.74 Å². The van der Waals surface area contributed by atoms with Gasteiger partial charge in [0.1, 0.15) is 18.1 Å². The topological polar surface area (TPSA) is 92.2 Å². The van der Waals surface area contributed by atoms with Crippen molar-refractivity contribution >= 4 is 17.4 Å². The van der Waals surface area contributed by atoms with E-state index < -0.39 is 12.0 Å². The second-order valence-corrected chi connectivity index (χ2v) is 12.5. The van der Waals surface area contributed by atoms with Crippen LogP contribution < -0.4 is 15.4 Å². The summed E-state index contributed by atoms with van der Waals surface area (Å²) in [6.45, 7) is 9.47. The molecule has 5 rings (SSSR count). The number of allylic oxidation sites excluding steroid dienone is 7. The fourth-order valence-electron chi connectivity index (χ4n) is 6.11. The quantitative estimate of drug-likeness (QED) is 0.179. The Morgan fingerprint density at radius 3 is 2.41 bits per heavy atom. The van der Waals surface area contributed by atoms with Crippen molar-refractivity contribution < 1.29 is 24.7 Å². The number of carboxylic acid groups (broad SMARTS) is 1. The standard InChI is InChI=1S/C40H44N2O4/c1-26-16-21-37(35(24-26)39(43)33-14-9-11-27(2)29(33)4)42-38(40(44)45)25-30-17-19-31(20-18-30)46-23-22-41-36-15-8-7-13-34(36)32-12-6-5-10-28(32)3/h5-10,12-15,17-21,24,26-27,38,41-42H,11,16,22-23,25H2,1-4H3,(H,44,45)/p+1. The second-order valence-electron chi connectivity index (χ2n) is 12.5. The van der Waals surface area contributed by atoms with Crippen molar-refractivity contribution in [2.24, 2.45) is 11.8 Å². The summed E-state index contributed by atoms with van der Waals surface area (Å²) in [6, 6.07) is 23.5. The number of rotatable bonds is 13. The fourth-order valence-corrected chi connectivity index (χ4v) is 6.11. The van der Waals surface area contributed by atoms with Gasteiger partial charge in [-0.05, 0) is 79.5 Å². The lowest BCUT2D eigenvalue weighted by Gasteiger charge is -2.23. The van der Waals surface area contributed by atoms with Crippen molar-refractivity contribution in [1.82, 2.24) is 0 Å². The Labute approximate surface area is 272 Å². The number of nitrogens with one attached hydrogen (secondary N) is 1. The van der Waals surface area contributed by atoms with Gasteiger partial charge in [-0.3, -0.25) is 4.79 Å². The summed E-state index contributed by atoms with van der Waals surface area (Å²) in [4.78, 5) is 26.1. The van der Waals surface area contributed by atoms with E-state index >= 15 is 0 Å². The van der Waals surface area contributed by atoms with Crippen molar-refractivity contribution in [2.75, 3.05) is 18.5 Å². The van der Waals surface area contributed by atoms with Crippen LogP contribution in [0.5, 0.6) is 5.75 Å². The first kappa shape index (κ1) is 32.7. The van der Waals surface area contributed by atoms with Crippen LogP contribution in [-0.4, -0.2) is 36.1 Å². The first-order valence-corrected chi connectivity index (χ1v) is 16.2. The number of benzene rings is 3. The molecule has 0 aliphatic heterocycles. The zero-order valence-corrected chi connectivity index (χ0v) is 27.3. The van der Waals surface area contributed by atoms with Crippen molar-refractivity contribution in [3.63, 3.8) is 0 Å². The third kappa shape index (κ3) is 7.93. The summed E-state index contributed by atoms with van der Waals surface area (Å²) in [5.41, 5.74) is 8.69. The van der Waals surface area contributed by atoms with Crippen LogP contribution in [0.1, 0.15) is 44.7 Å². The Balaban J connectivity index is 1.18. The van der Waals surface area contributed by atoms with Gasteiger partial charge in [0.25, 0.3) is 0 Å². The maximum atomic E-state index is 13.7. The Bertz CT molecular complexity index is 1700. The molecule has 3 atom stereocenters. The minimum Gasteiger partial charge on any atom is -0.492 e. The number of hydrogen-bond donors (Lipinski definition) is 3. The molecular weight excluding hydrogens is 572 g/mol. The molecule has 0 aromatic heterocycles. The molecule has 3 aromatic rings. The van der Waals surface area contributed by atoms with Crippen LogP contribution in [0.4, 0.5) is 5.69 Å². The predicted octanol–water partition coefficient (Wildman–Crippen LogP) is 7.04. The Hall–Kier alpha value is -4.68. The number of para-hydroxylation sites is 1. The number of anilines is 1. The highest BCUT2D eigenvalue weighted by atomic mass is 16.5. The van der Waals surface area contributed by atoms with Crippen LogP contribution in [0.15, 0.2) is 120 Å². The number of carbonyl (C=O) groups excluding carboxylic acids is 1. The van der Waals surface area contributed by atoms with Crippen LogP contribution in [0, 0.1) is 18.8 Å². The molecule has 238 valence electrons. The summed E-state index contributed by atoms with van der Waals surface area (Å²) in [5, 5.41) is 15.4. The molecule has 0 saturated carbocycles. The molecule has 2 aliphatic rings. The third-order valence-electron chi connectivity index (χ3n) is 9.02. The average Bonchev–Trinajstić information content (AvgIpc) is 3.05. The summed E-state index contributed by atoms with van der Waals surface area (Å²) >= 11 is 0. The molecule has 0 spiro atoms. The van der Waals surface area contributed by atoms with E-state index in [1.54, 1.807) is 5.32 Å². The number of aliphatic carboxylic acids is 1. The molecule has 0 bridgehead atoms. The van der Waals surface area contributed by atoms with Gasteiger partial charge in [0.05, 0.1) is 5.57 Å². The van der Waals surface area contributed by atoms with Gasteiger partial charge in [0.2, 0.25) is 0 Å². The molecule has 46 heavy (non-hydrogen) atoms. The van der Waals surface area contributed by atoms with E-state index in [1.165, 1.54) is 11.1 Å². The van der Waals surface area contributed by atoms with Crippen LogP contribution in [-0.2, 0) is 16.0 Å². The number of Topliss-reactive ketones (excluding diaryl/α,β-unsaturated/α-hetero) is 1. The van der Waals surface area contributed by atoms with E-state index in [9.17, 15) is 14.7 Å². The van der Waals surface area contributed by atoms with Crippen LogP contribution >= 0.6 is 0 Å². The summed E-state index contributed by atoms with van der Waals surface area (Å²) in [5.74, 6) is 0.332. The molecule has 0 fully saturated rings. The maximum Gasteiger partial charge on any atom is 0.363 e. The second kappa shape index (κ2) is 15.1. The molecule has 3 unspecified atom stereocenters. The van der Waals surface area contributed by atoms with Gasteiger partial charge in [-0.25, -0.2) is 4.79 Å². The highest BCUT2D eigenvalue weighted by molar-refractivity contribution is 6.13. The summed E-state index contributed by atoms with van der Waals surface area (Å²) < 4.78 is 6.00. The van der Waals surface area contributed by atoms with Crippen LogP contribution in [0.2, 0.25) is 0 Å². The molecule has 4 N–H and O–H groups in total. The van der Waals surface area contributed by atoms with Gasteiger partial charge in [-0.15, -0.1) is 0 Å². The minimum atomic E-state index is -0.912. The zero-order chi connectivity index (χ0) is 32.6. The normalized spacial score (nSPS) is 18.4. The lowest BCUT2D eigenvalue weighted by Crippen LogP contribution is -2.91. The van der Waals surface area contributed by atoms with E-state index in [0.29, 0.717) is 31.1 Å². The molecule has 0 amide bonds. The minimum absolute atomic E-state index is 0.0202. The number of ether oxygens (including phenoxy) is 1. The first-order valence-electron chi connectivity index (χ1n) is 16.2. The molecule has 6 heteroatoms. The van der Waals surface area contributed by atoms with Gasteiger partial charge in [0.15, 0.2) is 11.8 Å². The maximum absolute atomic E-state index is 13.7. The highest BCUT2D eigenvalue weighted by Crippen LogP contribution is 2.31. The van der Waals surface area contributed by atoms with Gasteiger partial charge < -0.3 is 20.5 Å². The van der Waals surface area contributed by atoms with Crippen molar-refractivity contribution in [3.05, 3.63) is 131 Å². The summed E-state index contributed by atoms with van der Waals surface area (Å²) in [6.07, 6.45) is 10.0. The predicted molar refractivity (Wildman–Crippen MR) is 185 cm³/mol. The number of hydrogen-bond acceptors (Lipinski definition) is 4. The fraction of sp³-hybridized carbons (Fsp3) is 0.300. The molecule has 0 saturated heterocycles. The van der Waals surface area contributed by atoms with E-state index in [-0.39, 0.29) is 11.7 Å². The Kier molecular flexibility index (Phi) is 10.7. The van der Waals surface area contributed by atoms with Gasteiger partial charge in [-0.2, -0.15) is 0 Å². The van der Waals surface area contributed by atoms with Gasteiger partial charge in [0, 0.05) is 29.8 Å². The number of carbonyl (C=O) groups is 2. The van der Waals surface area contributed by atoms with Crippen molar-refractivity contribution in [2.45, 2.75) is 53.0 Å². The molecule has 3 aromatic carbocycles. The number of carboxylic acids is 1. The highest BCUT2D eigenvalue weighted by Gasteiger charge is 2.31. The largest absolute Gasteiger partial charge is 0.492 e. The van der Waals surface area contributed by atoms with Gasteiger partial charge in [-0.1, -0.05) is 92.2 Å². The zero-order valence-electron chi connectivity index (χ0n) is 27.3. The monoisotopic (exact) mass is 617 g/mol. The Morgan fingerprint density at radius 1 is 0.957 bits per heavy atom. The van der Waals surface area contributed by atoms with Gasteiger partial charge >= 0.3 is 5.97 Å². The third-order valence-corrected chi connectivity index (χ3v) is 9.02. The molecule has 0 heterocycles. The smallest absolute Gasteiger partial charge is 0.363 e.